The average molecular weight is 789 g/mol. The van der Waals surface area contributed by atoms with Crippen molar-refractivity contribution >= 4 is 26.0 Å². The molecule has 13 heteroatoms. The molecule has 1 aromatic heterocycles. The van der Waals surface area contributed by atoms with Gasteiger partial charge in [0.25, 0.3) is 0 Å². The van der Waals surface area contributed by atoms with Crippen LogP contribution in [0.1, 0.15) is 151 Å². The molecule has 54 heavy (non-hydrogen) atoms. The summed E-state index contributed by atoms with van der Waals surface area (Å²) in [6, 6.07) is 11.4. The van der Waals surface area contributed by atoms with Crippen LogP contribution in [0.3, 0.4) is 0 Å². The number of amidine groups is 1. The number of rotatable bonds is 31. The molecule has 0 aliphatic carbocycles. The largest absolute Gasteiger partial charge is 0.382 e. The Labute approximate surface area is 331 Å². The van der Waals surface area contributed by atoms with E-state index in [0.717, 1.165) is 42.6 Å². The van der Waals surface area contributed by atoms with Crippen LogP contribution in [0.2, 0.25) is 5.02 Å². The third-order valence-electron chi connectivity index (χ3n) is 9.70. The first-order chi connectivity index (χ1) is 26.4. The molecule has 0 saturated heterocycles. The Morgan fingerprint density at radius 3 is 2.04 bits per heavy atom. The van der Waals surface area contributed by atoms with Gasteiger partial charge in [0, 0.05) is 24.4 Å². The highest BCUT2D eigenvalue weighted by Crippen LogP contribution is 2.34. The van der Waals surface area contributed by atoms with Gasteiger partial charge >= 0.3 is 8.60 Å². The zero-order valence-corrected chi connectivity index (χ0v) is 34.5. The van der Waals surface area contributed by atoms with Gasteiger partial charge in [-0.15, -0.1) is 0 Å². The summed E-state index contributed by atoms with van der Waals surface area (Å²) in [5.41, 5.74) is 12.5. The standard InChI is InChI=1S/C40H65ClN5O5P.CHN/c1-3-4-5-6-7-8-9-10-11-12-13-14-15-16-17-18-19-20-38(49-29-34-25-33(28-42)26-35(41)27-34)31-51-52(47)50-30-37(48-2)23-21-36-22-24-39-40(43)44-32-45-46(36)39;1-2/h22,24-27,37-38,45,47H,3-21,23,29-32H2,1-2H3,(H2,43,44);1H. The molecule has 1 aromatic carbocycles. The van der Waals surface area contributed by atoms with Gasteiger partial charge in [-0.2, -0.15) is 5.26 Å². The molecule has 3 unspecified atom stereocenters. The molecule has 3 rings (SSSR count). The van der Waals surface area contributed by atoms with Crippen molar-refractivity contribution in [3.8, 4) is 12.6 Å². The number of halogens is 1. The van der Waals surface area contributed by atoms with Crippen LogP contribution in [0.25, 0.3) is 0 Å². The summed E-state index contributed by atoms with van der Waals surface area (Å²) in [6.07, 6.45) is 24.4. The lowest BCUT2D eigenvalue weighted by molar-refractivity contribution is -0.00528. The zero-order chi connectivity index (χ0) is 39.2. The van der Waals surface area contributed by atoms with E-state index in [2.05, 4.69) is 30.0 Å². The van der Waals surface area contributed by atoms with E-state index >= 15 is 0 Å². The van der Waals surface area contributed by atoms with E-state index in [1.54, 1.807) is 19.2 Å². The van der Waals surface area contributed by atoms with Crippen LogP contribution in [0.5, 0.6) is 0 Å². The second-order valence-electron chi connectivity index (χ2n) is 14.0. The molecule has 4 N–H and O–H groups in total. The summed E-state index contributed by atoms with van der Waals surface area (Å²) in [7, 11) is -0.473. The van der Waals surface area contributed by atoms with E-state index in [1.807, 2.05) is 22.9 Å². The van der Waals surface area contributed by atoms with Gasteiger partial charge in [0.2, 0.25) is 0 Å². The van der Waals surface area contributed by atoms with Crippen LogP contribution in [0.15, 0.2) is 35.3 Å². The molecule has 3 atom stereocenters. The third-order valence-corrected chi connectivity index (χ3v) is 10.7. The minimum absolute atomic E-state index is 0.202. The first-order valence-corrected chi connectivity index (χ1v) is 21.5. The molecule has 0 spiro atoms. The Morgan fingerprint density at radius 1 is 0.889 bits per heavy atom. The number of aliphatic imine (C=N–C) groups is 1. The molecule has 2 heterocycles. The molecule has 11 nitrogen and oxygen atoms in total. The number of nitriles is 2. The summed E-state index contributed by atoms with van der Waals surface area (Å²) in [5, 5.41) is 16.3. The monoisotopic (exact) mass is 788 g/mol. The van der Waals surface area contributed by atoms with Crippen molar-refractivity contribution < 1.29 is 23.4 Å². The molecule has 0 fully saturated rings. The summed E-state index contributed by atoms with van der Waals surface area (Å²) in [5.74, 6) is 0.520. The minimum atomic E-state index is -2.11. The lowest BCUT2D eigenvalue weighted by atomic mass is 10.0. The van der Waals surface area contributed by atoms with Crippen molar-refractivity contribution in [2.75, 3.05) is 32.4 Å². The molecular weight excluding hydrogens is 723 g/mol. The van der Waals surface area contributed by atoms with Gasteiger partial charge in [0.05, 0.1) is 43.7 Å². The van der Waals surface area contributed by atoms with E-state index in [-0.39, 0.29) is 25.4 Å². The van der Waals surface area contributed by atoms with E-state index in [9.17, 15) is 10.2 Å². The van der Waals surface area contributed by atoms with E-state index in [4.69, 9.17) is 41.1 Å². The fourth-order valence-corrected chi connectivity index (χ4v) is 7.49. The fraction of sp³-hybridized carbons (Fsp3) is 0.683. The maximum Gasteiger partial charge on any atom is 0.330 e. The summed E-state index contributed by atoms with van der Waals surface area (Å²) >= 11 is 6.22. The van der Waals surface area contributed by atoms with Crippen molar-refractivity contribution in [2.24, 2.45) is 10.7 Å². The van der Waals surface area contributed by atoms with Crippen LogP contribution in [-0.4, -0.2) is 54.6 Å². The Hall–Kier alpha value is -2.73. The summed E-state index contributed by atoms with van der Waals surface area (Å²) < 4.78 is 25.3. The molecule has 0 amide bonds. The molecule has 2 aromatic rings. The predicted octanol–water partition coefficient (Wildman–Crippen LogP) is 10.2. The number of nitrogens with two attached hydrogens (primary N) is 1. The number of methoxy groups -OCH3 is 1. The number of benzene rings is 1. The third kappa shape index (κ3) is 20.3. The molecule has 0 saturated carbocycles. The van der Waals surface area contributed by atoms with Gasteiger partial charge in [-0.05, 0) is 55.2 Å². The Balaban J connectivity index is 0.00000495. The number of hydrogen-bond acceptors (Lipinski definition) is 10. The van der Waals surface area contributed by atoms with Crippen LogP contribution in [0, 0.1) is 23.2 Å². The molecule has 1 aliphatic rings. The van der Waals surface area contributed by atoms with Gasteiger partial charge in [-0.25, -0.2) is 10.3 Å². The molecule has 1 aliphatic heterocycles. The Morgan fingerprint density at radius 2 is 1.46 bits per heavy atom. The van der Waals surface area contributed by atoms with Crippen molar-refractivity contribution in [1.82, 2.24) is 4.68 Å². The number of nitrogens with zero attached hydrogens (tertiary/aromatic N) is 4. The second-order valence-corrected chi connectivity index (χ2v) is 15.4. The Kier molecular flexibility index (Phi) is 26.8. The number of unbranched alkanes of at least 4 members (excludes halogenated alkanes) is 16. The summed E-state index contributed by atoms with van der Waals surface area (Å²) in [4.78, 5) is 14.8. The number of ether oxygens (including phenoxy) is 2. The van der Waals surface area contributed by atoms with Crippen molar-refractivity contribution in [1.29, 1.82) is 10.5 Å². The zero-order valence-electron chi connectivity index (χ0n) is 32.9. The van der Waals surface area contributed by atoms with E-state index in [0.29, 0.717) is 36.1 Å². The van der Waals surface area contributed by atoms with Crippen molar-refractivity contribution in [3.05, 3.63) is 57.9 Å². The van der Waals surface area contributed by atoms with E-state index in [1.165, 1.54) is 96.3 Å². The normalized spacial score (nSPS) is 13.8. The topological polar surface area (TPSA) is 160 Å². The minimum Gasteiger partial charge on any atom is -0.382 e. The SMILES string of the molecule is C#N.CCCCCCCCCCCCCCCCCCCC(COP(O)OCC(CCc1ccc2n1NCN=C2N)OC)OCc1cc(Cl)cc(C#N)c1. The van der Waals surface area contributed by atoms with Gasteiger partial charge in [-0.1, -0.05) is 128 Å². The van der Waals surface area contributed by atoms with Gasteiger partial charge in [-0.3, -0.25) is 4.68 Å². The van der Waals surface area contributed by atoms with E-state index < -0.39 is 8.60 Å². The smallest absolute Gasteiger partial charge is 0.330 e. The summed E-state index contributed by atoms with van der Waals surface area (Å²) in [6.45, 7) is 6.92. The van der Waals surface area contributed by atoms with Crippen LogP contribution >= 0.6 is 20.2 Å². The van der Waals surface area contributed by atoms with Crippen LogP contribution < -0.4 is 11.2 Å². The maximum absolute atomic E-state index is 10.6. The lowest BCUT2D eigenvalue weighted by Gasteiger charge is -2.22. The first kappa shape index (κ1) is 47.4. The fourth-order valence-electron chi connectivity index (χ4n) is 6.57. The van der Waals surface area contributed by atoms with Gasteiger partial charge in [0.1, 0.15) is 18.2 Å². The molecule has 0 bridgehead atoms. The average Bonchev–Trinajstić information content (AvgIpc) is 3.61. The quantitative estimate of drug-likeness (QED) is 0.0499. The first-order valence-electron chi connectivity index (χ1n) is 20.0. The number of fused-ring (bicyclic) bond motifs is 1. The van der Waals surface area contributed by atoms with Crippen molar-refractivity contribution in [2.45, 2.75) is 154 Å². The van der Waals surface area contributed by atoms with Crippen LogP contribution in [-0.2, 0) is 31.5 Å². The highest BCUT2D eigenvalue weighted by Gasteiger charge is 2.19. The molecule has 302 valence electrons. The maximum atomic E-state index is 10.6. The second kappa shape index (κ2) is 30.5. The highest BCUT2D eigenvalue weighted by atomic mass is 35.5. The van der Waals surface area contributed by atoms with Crippen LogP contribution in [0.4, 0.5) is 0 Å². The number of nitrogens with one attached hydrogen (secondary N) is 1. The highest BCUT2D eigenvalue weighted by molar-refractivity contribution is 7.40. The predicted molar refractivity (Wildman–Crippen MR) is 220 cm³/mol. The van der Waals surface area contributed by atoms with Gasteiger partial charge < -0.3 is 34.6 Å². The Bertz CT molecular complexity index is 1370. The lowest BCUT2D eigenvalue weighted by Crippen LogP contribution is -2.32. The van der Waals surface area contributed by atoms with Crippen molar-refractivity contribution in [3.63, 3.8) is 0 Å². The van der Waals surface area contributed by atoms with Gasteiger partial charge in [0.15, 0.2) is 0 Å². The number of aromatic nitrogens is 1. The number of hydrogen-bond donors (Lipinski definition) is 3. The number of aryl methyl sites for hydroxylation is 1. The molecule has 0 radical (unpaired) electrons. The molecular formula is C41H66ClN6O5P.